The normalized spacial score (nSPS) is 15.3. The number of benzene rings is 1. The van der Waals surface area contributed by atoms with Crippen LogP contribution in [0.2, 0.25) is 0 Å². The maximum Gasteiger partial charge on any atom is 0.177 e. The molecule has 0 bridgehead atoms. The number of fused-ring (bicyclic) bond motifs is 1. The first kappa shape index (κ1) is 14.1. The second kappa shape index (κ2) is 4.84. The van der Waals surface area contributed by atoms with Crippen LogP contribution >= 0.6 is 0 Å². The number of aliphatic imine (C=N–C) groups is 1. The maximum atomic E-state index is 14.2. The lowest BCUT2D eigenvalue weighted by Crippen LogP contribution is -2.24. The third-order valence-electron chi connectivity index (χ3n) is 3.66. The summed E-state index contributed by atoms with van der Waals surface area (Å²) in [4.78, 5) is 4.48. The Morgan fingerprint density at radius 1 is 1.43 bits per heavy atom. The van der Waals surface area contributed by atoms with Gasteiger partial charge in [-0.3, -0.25) is 4.99 Å². The molecule has 0 fully saturated rings. The molecule has 0 amide bonds. The molecular formula is C14H16FN3O2S. The molecule has 3 rings (SSSR count). The predicted octanol–water partition coefficient (Wildman–Crippen LogP) is 1.49. The summed E-state index contributed by atoms with van der Waals surface area (Å²) in [6.45, 7) is 3.49. The summed E-state index contributed by atoms with van der Waals surface area (Å²) < 4.78 is 40.0. The predicted molar refractivity (Wildman–Crippen MR) is 80.0 cm³/mol. The van der Waals surface area contributed by atoms with Crippen LogP contribution in [0.3, 0.4) is 0 Å². The molecule has 21 heavy (non-hydrogen) atoms. The second-order valence-electron chi connectivity index (χ2n) is 5.16. The Kier molecular flexibility index (Phi) is 3.24. The molecule has 0 atom stereocenters. The molecule has 0 unspecified atom stereocenters. The molecule has 0 spiro atoms. The number of sulfone groups is 1. The van der Waals surface area contributed by atoms with Crippen molar-refractivity contribution in [3.8, 4) is 0 Å². The van der Waals surface area contributed by atoms with Crippen molar-refractivity contribution in [1.29, 1.82) is 0 Å². The summed E-state index contributed by atoms with van der Waals surface area (Å²) in [6, 6.07) is 4.51. The highest BCUT2D eigenvalue weighted by molar-refractivity contribution is 7.91. The van der Waals surface area contributed by atoms with Gasteiger partial charge in [-0.05, 0) is 13.0 Å². The molecule has 1 aliphatic rings. The minimum absolute atomic E-state index is 0.190. The molecule has 0 saturated carbocycles. The second-order valence-corrected chi connectivity index (χ2v) is 7.12. The number of para-hydroxylation sites is 1. The molecule has 0 aliphatic carbocycles. The van der Waals surface area contributed by atoms with Gasteiger partial charge in [0.2, 0.25) is 0 Å². The molecular weight excluding hydrogens is 293 g/mol. The third kappa shape index (κ3) is 2.31. The number of nitrogens with one attached hydrogen (secondary N) is 1. The molecule has 0 saturated heterocycles. The fraction of sp³-hybridized carbons (Fsp3) is 0.357. The first-order valence-corrected chi connectivity index (χ1v) is 8.53. The number of rotatable bonds is 3. The van der Waals surface area contributed by atoms with E-state index in [2.05, 4.69) is 10.3 Å². The zero-order chi connectivity index (χ0) is 15.2. The Bertz CT molecular complexity index is 853. The first-order valence-electron chi connectivity index (χ1n) is 6.64. The van der Waals surface area contributed by atoms with Crippen LogP contribution in [0.1, 0.15) is 5.69 Å². The number of hydrogen-bond donors (Lipinski definition) is 1. The van der Waals surface area contributed by atoms with Gasteiger partial charge in [0.25, 0.3) is 0 Å². The van der Waals surface area contributed by atoms with Crippen molar-refractivity contribution in [1.82, 2.24) is 9.88 Å². The minimum Gasteiger partial charge on any atom is -0.370 e. The van der Waals surface area contributed by atoms with E-state index in [1.807, 2.05) is 0 Å². The van der Waals surface area contributed by atoms with Crippen LogP contribution in [0.5, 0.6) is 0 Å². The summed E-state index contributed by atoms with van der Waals surface area (Å²) in [5.41, 5.74) is 0.848. The lowest BCUT2D eigenvalue weighted by molar-refractivity contribution is 0.601. The lowest BCUT2D eigenvalue weighted by atomic mass is 10.2. The molecule has 1 aliphatic heterocycles. The van der Waals surface area contributed by atoms with E-state index >= 15 is 0 Å². The summed E-state index contributed by atoms with van der Waals surface area (Å²) in [5.74, 6) is 0.322. The average molecular weight is 309 g/mol. The summed E-state index contributed by atoms with van der Waals surface area (Å²) in [7, 11) is -3.44. The Hall–Kier alpha value is -1.89. The molecule has 1 N–H and O–H groups in total. The van der Waals surface area contributed by atoms with Crippen LogP contribution in [-0.4, -0.2) is 38.2 Å². The largest absolute Gasteiger partial charge is 0.370 e. The Balaban J connectivity index is 2.30. The van der Waals surface area contributed by atoms with Crippen LogP contribution in [0.4, 0.5) is 4.39 Å². The summed E-state index contributed by atoms with van der Waals surface area (Å²) >= 11 is 0. The topological polar surface area (TPSA) is 63.5 Å². The van der Waals surface area contributed by atoms with Gasteiger partial charge < -0.3 is 9.88 Å². The molecule has 1 aromatic heterocycles. The quantitative estimate of drug-likeness (QED) is 0.934. The van der Waals surface area contributed by atoms with E-state index in [1.54, 1.807) is 17.6 Å². The minimum atomic E-state index is -3.44. The van der Waals surface area contributed by atoms with E-state index < -0.39 is 15.7 Å². The van der Waals surface area contributed by atoms with E-state index in [4.69, 9.17) is 0 Å². The number of halogens is 1. The van der Waals surface area contributed by atoms with Crippen molar-refractivity contribution in [2.45, 2.75) is 18.4 Å². The highest BCUT2D eigenvalue weighted by atomic mass is 32.2. The first-order chi connectivity index (χ1) is 9.89. The van der Waals surface area contributed by atoms with Crippen LogP contribution in [-0.2, 0) is 16.4 Å². The van der Waals surface area contributed by atoms with Gasteiger partial charge in [-0.2, -0.15) is 0 Å². The van der Waals surface area contributed by atoms with Gasteiger partial charge in [-0.25, -0.2) is 12.8 Å². The SMILES string of the molecule is Cc1c(S(C)(=O)=O)c2cccc(F)c2n1CC1=NCCN1. The number of aromatic nitrogens is 1. The Morgan fingerprint density at radius 2 is 2.19 bits per heavy atom. The van der Waals surface area contributed by atoms with E-state index in [0.717, 1.165) is 18.6 Å². The molecule has 2 aromatic rings. The molecule has 5 nitrogen and oxygen atoms in total. The maximum absolute atomic E-state index is 14.2. The Labute approximate surface area is 122 Å². The molecule has 2 heterocycles. The lowest BCUT2D eigenvalue weighted by Gasteiger charge is -2.09. The van der Waals surface area contributed by atoms with Gasteiger partial charge in [0.15, 0.2) is 9.84 Å². The number of hydrogen-bond acceptors (Lipinski definition) is 4. The number of amidine groups is 1. The highest BCUT2D eigenvalue weighted by Crippen LogP contribution is 2.31. The standard InChI is InChI=1S/C14H16FN3O2S/c1-9-14(21(2,19)20)10-4-3-5-11(15)13(10)18(9)8-12-16-6-7-17-12/h3-5H,6-8H2,1-2H3,(H,16,17). The summed E-state index contributed by atoms with van der Waals surface area (Å²) in [5, 5.41) is 3.55. The van der Waals surface area contributed by atoms with E-state index in [1.165, 1.54) is 12.1 Å². The van der Waals surface area contributed by atoms with Crippen LogP contribution in [0, 0.1) is 12.7 Å². The fourth-order valence-electron chi connectivity index (χ4n) is 2.83. The van der Waals surface area contributed by atoms with E-state index in [0.29, 0.717) is 29.7 Å². The zero-order valence-electron chi connectivity index (χ0n) is 11.9. The molecule has 0 radical (unpaired) electrons. The van der Waals surface area contributed by atoms with Crippen LogP contribution < -0.4 is 5.32 Å². The molecule has 112 valence electrons. The van der Waals surface area contributed by atoms with Gasteiger partial charge in [0.05, 0.1) is 23.5 Å². The molecule has 1 aromatic carbocycles. The molecule has 7 heteroatoms. The average Bonchev–Trinajstić information content (AvgIpc) is 2.97. The van der Waals surface area contributed by atoms with Crippen molar-refractivity contribution in [2.75, 3.05) is 19.3 Å². The Morgan fingerprint density at radius 3 is 2.81 bits per heavy atom. The van der Waals surface area contributed by atoms with Crippen LogP contribution in [0.25, 0.3) is 10.9 Å². The van der Waals surface area contributed by atoms with Gasteiger partial charge in [-0.1, -0.05) is 12.1 Å². The van der Waals surface area contributed by atoms with E-state index in [-0.39, 0.29) is 4.90 Å². The number of nitrogens with zero attached hydrogens (tertiary/aromatic N) is 2. The van der Waals surface area contributed by atoms with Crippen LogP contribution in [0.15, 0.2) is 28.1 Å². The van der Waals surface area contributed by atoms with Gasteiger partial charge in [-0.15, -0.1) is 0 Å². The smallest absolute Gasteiger partial charge is 0.177 e. The van der Waals surface area contributed by atoms with E-state index in [9.17, 15) is 12.8 Å². The van der Waals surface area contributed by atoms with Crippen molar-refractivity contribution >= 4 is 26.6 Å². The zero-order valence-corrected chi connectivity index (χ0v) is 12.7. The summed E-state index contributed by atoms with van der Waals surface area (Å²) in [6.07, 6.45) is 1.15. The monoisotopic (exact) mass is 309 g/mol. The highest BCUT2D eigenvalue weighted by Gasteiger charge is 2.24. The van der Waals surface area contributed by atoms with Crippen molar-refractivity contribution < 1.29 is 12.8 Å². The van der Waals surface area contributed by atoms with Crippen molar-refractivity contribution in [2.24, 2.45) is 4.99 Å². The van der Waals surface area contributed by atoms with Gasteiger partial charge in [0.1, 0.15) is 11.7 Å². The third-order valence-corrected chi connectivity index (χ3v) is 4.91. The fourth-order valence-corrected chi connectivity index (χ4v) is 4.04. The van der Waals surface area contributed by atoms with Crippen molar-refractivity contribution in [3.05, 3.63) is 29.7 Å². The van der Waals surface area contributed by atoms with Gasteiger partial charge in [0, 0.05) is 23.9 Å². The van der Waals surface area contributed by atoms with Gasteiger partial charge >= 0.3 is 0 Å². The van der Waals surface area contributed by atoms with Crippen molar-refractivity contribution in [3.63, 3.8) is 0 Å².